The van der Waals surface area contributed by atoms with Gasteiger partial charge in [0, 0.05) is 0 Å². The van der Waals surface area contributed by atoms with Crippen molar-refractivity contribution in [1.82, 2.24) is 0 Å². The van der Waals surface area contributed by atoms with Gasteiger partial charge in [-0.1, -0.05) is 35.4 Å². The molecule has 4 nitrogen and oxygen atoms in total. The summed E-state index contributed by atoms with van der Waals surface area (Å²) in [6.07, 6.45) is 0. The van der Waals surface area contributed by atoms with Crippen molar-refractivity contribution in [3.8, 4) is 11.5 Å². The maximum atomic E-state index is 12.4. The van der Waals surface area contributed by atoms with E-state index >= 15 is 0 Å². The molecule has 0 aliphatic carbocycles. The van der Waals surface area contributed by atoms with Gasteiger partial charge >= 0.3 is 11.9 Å². The van der Waals surface area contributed by atoms with Crippen molar-refractivity contribution < 1.29 is 19.1 Å². The molecule has 0 fully saturated rings. The normalized spacial score (nSPS) is 10.4. The Labute approximate surface area is 164 Å². The standard InChI is InChI=1S/C24H22O4/c1-15-5-9-19(10-6-15)23(25)27-21-13-14-22(18(4)17(21)3)28-24(26)20-11-7-16(2)8-12-20/h5-14H,1-4H3. The molecule has 0 aromatic heterocycles. The van der Waals surface area contributed by atoms with E-state index in [0.29, 0.717) is 22.6 Å². The molecule has 0 N–H and O–H groups in total. The molecule has 28 heavy (non-hydrogen) atoms. The summed E-state index contributed by atoms with van der Waals surface area (Å²) in [5.74, 6) is 0.0372. The Hall–Kier alpha value is -3.40. The molecule has 0 bridgehead atoms. The molecular weight excluding hydrogens is 352 g/mol. The van der Waals surface area contributed by atoms with Crippen LogP contribution >= 0.6 is 0 Å². The van der Waals surface area contributed by atoms with Crippen LogP contribution in [0.4, 0.5) is 0 Å². The molecule has 0 aliphatic heterocycles. The van der Waals surface area contributed by atoms with Gasteiger partial charge in [0.1, 0.15) is 11.5 Å². The highest BCUT2D eigenvalue weighted by Crippen LogP contribution is 2.30. The topological polar surface area (TPSA) is 52.6 Å². The molecule has 0 aliphatic rings. The lowest BCUT2D eigenvalue weighted by atomic mass is 10.1. The summed E-state index contributed by atoms with van der Waals surface area (Å²) in [5, 5.41) is 0. The number of benzene rings is 3. The Balaban J connectivity index is 1.77. The van der Waals surface area contributed by atoms with E-state index in [1.54, 1.807) is 36.4 Å². The number of hydrogen-bond acceptors (Lipinski definition) is 4. The van der Waals surface area contributed by atoms with Crippen LogP contribution in [0.5, 0.6) is 11.5 Å². The summed E-state index contributed by atoms with van der Waals surface area (Å²) in [6.45, 7) is 7.57. The van der Waals surface area contributed by atoms with Crippen LogP contribution in [0.3, 0.4) is 0 Å². The number of esters is 2. The third-order valence-electron chi connectivity index (χ3n) is 4.67. The van der Waals surface area contributed by atoms with Gasteiger partial charge in [0.05, 0.1) is 11.1 Å². The van der Waals surface area contributed by atoms with Gasteiger partial charge in [-0.25, -0.2) is 9.59 Å². The van der Waals surface area contributed by atoms with Crippen molar-refractivity contribution in [1.29, 1.82) is 0 Å². The number of ether oxygens (including phenoxy) is 2. The molecule has 0 saturated heterocycles. The van der Waals surface area contributed by atoms with Crippen molar-refractivity contribution in [2.24, 2.45) is 0 Å². The summed E-state index contributed by atoms with van der Waals surface area (Å²) in [4.78, 5) is 24.7. The number of carbonyl (C=O) groups excluding carboxylic acids is 2. The van der Waals surface area contributed by atoms with Gasteiger partial charge < -0.3 is 9.47 Å². The minimum atomic E-state index is -0.424. The molecule has 0 radical (unpaired) electrons. The first-order valence-corrected chi connectivity index (χ1v) is 9.03. The maximum Gasteiger partial charge on any atom is 0.343 e. The number of carbonyl (C=O) groups is 2. The monoisotopic (exact) mass is 374 g/mol. The van der Waals surface area contributed by atoms with E-state index in [1.807, 2.05) is 52.0 Å². The smallest absolute Gasteiger partial charge is 0.343 e. The van der Waals surface area contributed by atoms with Gasteiger partial charge in [-0.3, -0.25) is 0 Å². The molecule has 3 aromatic carbocycles. The molecular formula is C24H22O4. The second-order valence-corrected chi connectivity index (χ2v) is 6.82. The minimum Gasteiger partial charge on any atom is -0.423 e. The van der Waals surface area contributed by atoms with Gasteiger partial charge in [-0.15, -0.1) is 0 Å². The van der Waals surface area contributed by atoms with Crippen molar-refractivity contribution in [2.75, 3.05) is 0 Å². The zero-order valence-corrected chi connectivity index (χ0v) is 16.4. The van der Waals surface area contributed by atoms with Crippen LogP contribution in [0.2, 0.25) is 0 Å². The highest BCUT2D eigenvalue weighted by atomic mass is 16.5. The van der Waals surface area contributed by atoms with E-state index in [9.17, 15) is 9.59 Å². The van der Waals surface area contributed by atoms with Crippen LogP contribution in [0.15, 0.2) is 60.7 Å². The molecule has 0 atom stereocenters. The quantitative estimate of drug-likeness (QED) is 0.456. The average molecular weight is 374 g/mol. The van der Waals surface area contributed by atoms with Crippen LogP contribution in [-0.4, -0.2) is 11.9 Å². The van der Waals surface area contributed by atoms with E-state index in [2.05, 4.69) is 0 Å². The van der Waals surface area contributed by atoms with E-state index in [4.69, 9.17) is 9.47 Å². The van der Waals surface area contributed by atoms with Crippen LogP contribution in [-0.2, 0) is 0 Å². The SMILES string of the molecule is Cc1ccc(C(=O)Oc2ccc(OC(=O)c3ccc(C)cc3)c(C)c2C)cc1. The van der Waals surface area contributed by atoms with Gasteiger partial charge in [0.25, 0.3) is 0 Å². The Kier molecular flexibility index (Phi) is 5.59. The first kappa shape index (κ1) is 19.4. The summed E-state index contributed by atoms with van der Waals surface area (Å²) >= 11 is 0. The molecule has 3 rings (SSSR count). The molecule has 4 heteroatoms. The van der Waals surface area contributed by atoms with Crippen LogP contribution in [0.1, 0.15) is 43.0 Å². The average Bonchev–Trinajstić information content (AvgIpc) is 2.68. The van der Waals surface area contributed by atoms with Crippen LogP contribution in [0.25, 0.3) is 0 Å². The Morgan fingerprint density at radius 3 is 1.18 bits per heavy atom. The van der Waals surface area contributed by atoms with Gasteiger partial charge in [0.15, 0.2) is 0 Å². The first-order chi connectivity index (χ1) is 13.3. The molecule has 0 spiro atoms. The summed E-state index contributed by atoms with van der Waals surface area (Å²) in [7, 11) is 0. The maximum absolute atomic E-state index is 12.4. The predicted octanol–water partition coefficient (Wildman–Crippen LogP) is 5.36. The highest BCUT2D eigenvalue weighted by molar-refractivity contribution is 5.92. The molecule has 0 saturated carbocycles. The molecule has 142 valence electrons. The predicted molar refractivity (Wildman–Crippen MR) is 108 cm³/mol. The first-order valence-electron chi connectivity index (χ1n) is 9.03. The molecule has 0 heterocycles. The largest absolute Gasteiger partial charge is 0.423 e. The van der Waals surface area contributed by atoms with E-state index in [0.717, 1.165) is 22.3 Å². The van der Waals surface area contributed by atoms with Crippen LogP contribution in [0, 0.1) is 27.7 Å². The lowest BCUT2D eigenvalue weighted by Gasteiger charge is -2.14. The highest BCUT2D eigenvalue weighted by Gasteiger charge is 2.16. The van der Waals surface area contributed by atoms with Crippen molar-refractivity contribution >= 4 is 11.9 Å². The Bertz CT molecular complexity index is 931. The van der Waals surface area contributed by atoms with Crippen molar-refractivity contribution in [3.05, 3.63) is 94.0 Å². The summed E-state index contributed by atoms with van der Waals surface area (Å²) in [5.41, 5.74) is 4.60. The van der Waals surface area contributed by atoms with Gasteiger partial charge in [-0.05, 0) is 75.2 Å². The van der Waals surface area contributed by atoms with Crippen LogP contribution < -0.4 is 9.47 Å². The lowest BCUT2D eigenvalue weighted by Crippen LogP contribution is -2.12. The van der Waals surface area contributed by atoms with Gasteiger partial charge in [-0.2, -0.15) is 0 Å². The second kappa shape index (κ2) is 8.09. The van der Waals surface area contributed by atoms with Crippen molar-refractivity contribution in [3.63, 3.8) is 0 Å². The minimum absolute atomic E-state index is 0.424. The third kappa shape index (κ3) is 4.29. The summed E-state index contributed by atoms with van der Waals surface area (Å²) in [6, 6.07) is 17.7. The van der Waals surface area contributed by atoms with E-state index < -0.39 is 11.9 Å². The molecule has 0 amide bonds. The van der Waals surface area contributed by atoms with E-state index in [1.165, 1.54) is 0 Å². The second-order valence-electron chi connectivity index (χ2n) is 6.82. The number of aryl methyl sites for hydroxylation is 2. The zero-order chi connectivity index (χ0) is 20.3. The number of rotatable bonds is 4. The Morgan fingerprint density at radius 2 is 0.857 bits per heavy atom. The fraction of sp³-hybridized carbons (Fsp3) is 0.167. The van der Waals surface area contributed by atoms with Gasteiger partial charge in [0.2, 0.25) is 0 Å². The fourth-order valence-electron chi connectivity index (χ4n) is 2.69. The zero-order valence-electron chi connectivity index (χ0n) is 16.4. The molecule has 0 unspecified atom stereocenters. The van der Waals surface area contributed by atoms with Crippen molar-refractivity contribution in [2.45, 2.75) is 27.7 Å². The third-order valence-corrected chi connectivity index (χ3v) is 4.67. The number of hydrogen-bond donors (Lipinski definition) is 0. The lowest BCUT2D eigenvalue weighted by molar-refractivity contribution is 0.0717. The van der Waals surface area contributed by atoms with E-state index in [-0.39, 0.29) is 0 Å². The fourth-order valence-corrected chi connectivity index (χ4v) is 2.69. The summed E-state index contributed by atoms with van der Waals surface area (Å²) < 4.78 is 11.1. The Morgan fingerprint density at radius 1 is 0.536 bits per heavy atom. The molecule has 3 aromatic rings.